The van der Waals surface area contributed by atoms with Crippen molar-refractivity contribution in [1.29, 1.82) is 5.26 Å². The van der Waals surface area contributed by atoms with Crippen LogP contribution in [0, 0.1) is 11.3 Å². The first-order valence-electron chi connectivity index (χ1n) is 5.35. The van der Waals surface area contributed by atoms with E-state index in [1.165, 1.54) is 0 Å². The lowest BCUT2D eigenvalue weighted by atomic mass is 10.1. The second-order valence-electron chi connectivity index (χ2n) is 4.16. The van der Waals surface area contributed by atoms with Gasteiger partial charge in [0.1, 0.15) is 6.07 Å². The van der Waals surface area contributed by atoms with Gasteiger partial charge in [-0.1, -0.05) is 11.6 Å². The minimum atomic E-state index is 0.217. The summed E-state index contributed by atoms with van der Waals surface area (Å²) in [5.41, 5.74) is 7.53. The van der Waals surface area contributed by atoms with Crippen molar-refractivity contribution >= 4 is 17.3 Å². The third kappa shape index (κ3) is 1.87. The normalized spacial score (nSPS) is 24.5. The second-order valence-corrected chi connectivity index (χ2v) is 4.57. The molecule has 1 aromatic carbocycles. The average molecular weight is 236 g/mol. The van der Waals surface area contributed by atoms with E-state index in [2.05, 4.69) is 17.9 Å². The van der Waals surface area contributed by atoms with Crippen LogP contribution in [0.4, 0.5) is 5.69 Å². The molecule has 4 heteroatoms. The van der Waals surface area contributed by atoms with Crippen molar-refractivity contribution in [2.75, 3.05) is 11.4 Å². The van der Waals surface area contributed by atoms with Crippen LogP contribution in [0.3, 0.4) is 0 Å². The summed E-state index contributed by atoms with van der Waals surface area (Å²) in [7, 11) is 0. The van der Waals surface area contributed by atoms with Gasteiger partial charge in [0.2, 0.25) is 0 Å². The first-order chi connectivity index (χ1) is 7.63. The molecule has 0 spiro atoms. The van der Waals surface area contributed by atoms with E-state index in [0.29, 0.717) is 16.6 Å². The van der Waals surface area contributed by atoms with E-state index in [1.54, 1.807) is 6.07 Å². The summed E-state index contributed by atoms with van der Waals surface area (Å²) in [5, 5.41) is 9.31. The van der Waals surface area contributed by atoms with Gasteiger partial charge in [0.15, 0.2) is 0 Å². The highest BCUT2D eigenvalue weighted by Gasteiger charge is 2.28. The van der Waals surface area contributed by atoms with Crippen molar-refractivity contribution in [3.8, 4) is 6.07 Å². The van der Waals surface area contributed by atoms with Crippen LogP contribution >= 0.6 is 11.6 Å². The first-order valence-corrected chi connectivity index (χ1v) is 5.73. The summed E-state index contributed by atoms with van der Waals surface area (Å²) in [5.74, 6) is 0. The lowest BCUT2D eigenvalue weighted by molar-refractivity contribution is 0.624. The minimum absolute atomic E-state index is 0.217. The van der Waals surface area contributed by atoms with Gasteiger partial charge >= 0.3 is 0 Å². The molecule has 1 aliphatic rings. The Bertz CT molecular complexity index is 438. The molecule has 0 bridgehead atoms. The van der Waals surface area contributed by atoms with E-state index < -0.39 is 0 Å². The minimum Gasteiger partial charge on any atom is -0.367 e. The lowest BCUT2D eigenvalue weighted by Gasteiger charge is -2.25. The lowest BCUT2D eigenvalue weighted by Crippen LogP contribution is -2.36. The molecule has 0 saturated carbocycles. The van der Waals surface area contributed by atoms with Gasteiger partial charge in [-0.2, -0.15) is 5.26 Å². The number of nitrogens with zero attached hydrogens (tertiary/aromatic N) is 2. The molecular formula is C12H14ClN3. The molecule has 1 aliphatic heterocycles. The number of hydrogen-bond donors (Lipinski definition) is 1. The largest absolute Gasteiger partial charge is 0.367 e. The van der Waals surface area contributed by atoms with Gasteiger partial charge in [-0.3, -0.25) is 0 Å². The Kier molecular flexibility index (Phi) is 3.04. The van der Waals surface area contributed by atoms with Crippen LogP contribution in [0.1, 0.15) is 18.9 Å². The summed E-state index contributed by atoms with van der Waals surface area (Å²) < 4.78 is 0. The summed E-state index contributed by atoms with van der Waals surface area (Å²) in [6, 6.07) is 8.13. The second kappa shape index (κ2) is 4.32. The molecule has 0 aliphatic carbocycles. The highest BCUT2D eigenvalue weighted by molar-refractivity contribution is 6.32. The fraction of sp³-hybridized carbons (Fsp3) is 0.417. The van der Waals surface area contributed by atoms with Crippen LogP contribution in [-0.4, -0.2) is 18.6 Å². The Hall–Kier alpha value is -1.24. The zero-order chi connectivity index (χ0) is 11.7. The maximum atomic E-state index is 8.80. The zero-order valence-corrected chi connectivity index (χ0v) is 9.91. The maximum Gasteiger partial charge on any atom is 0.101 e. The Morgan fingerprint density at radius 3 is 2.81 bits per heavy atom. The van der Waals surface area contributed by atoms with Crippen molar-refractivity contribution in [3.05, 3.63) is 28.8 Å². The molecule has 0 radical (unpaired) electrons. The van der Waals surface area contributed by atoms with Crippen LogP contribution < -0.4 is 10.6 Å². The Morgan fingerprint density at radius 2 is 2.31 bits per heavy atom. The average Bonchev–Trinajstić information content (AvgIpc) is 2.60. The van der Waals surface area contributed by atoms with Gasteiger partial charge in [-0.25, -0.2) is 0 Å². The highest BCUT2D eigenvalue weighted by Crippen LogP contribution is 2.28. The number of nitrogens with two attached hydrogens (primary N) is 1. The molecule has 0 aromatic heterocycles. The van der Waals surface area contributed by atoms with Crippen LogP contribution in [0.5, 0.6) is 0 Å². The summed E-state index contributed by atoms with van der Waals surface area (Å²) in [6.45, 7) is 3.06. The first kappa shape index (κ1) is 11.3. The van der Waals surface area contributed by atoms with Crippen LogP contribution in [-0.2, 0) is 0 Å². The quantitative estimate of drug-likeness (QED) is 0.812. The molecule has 16 heavy (non-hydrogen) atoms. The fourth-order valence-electron chi connectivity index (χ4n) is 2.10. The summed E-state index contributed by atoms with van der Waals surface area (Å²) >= 11 is 6.01. The van der Waals surface area contributed by atoms with E-state index in [1.807, 2.05) is 12.1 Å². The monoisotopic (exact) mass is 235 g/mol. The van der Waals surface area contributed by atoms with Gasteiger partial charge in [0.25, 0.3) is 0 Å². The standard InChI is InChI=1S/C12H14ClN3/c1-8-12(15)4-5-16(8)10-3-2-9(7-14)11(13)6-10/h2-3,6,8,12H,4-5,15H2,1H3. The van der Waals surface area contributed by atoms with E-state index in [-0.39, 0.29) is 6.04 Å². The van der Waals surface area contributed by atoms with Gasteiger partial charge in [0.05, 0.1) is 10.6 Å². The maximum absolute atomic E-state index is 8.80. The van der Waals surface area contributed by atoms with Crippen molar-refractivity contribution in [1.82, 2.24) is 0 Å². The van der Waals surface area contributed by atoms with Gasteiger partial charge in [0, 0.05) is 24.3 Å². The predicted octanol–water partition coefficient (Wildman–Crippen LogP) is 2.14. The molecule has 1 aromatic rings. The molecule has 1 fully saturated rings. The predicted molar refractivity (Wildman–Crippen MR) is 65.6 cm³/mol. The van der Waals surface area contributed by atoms with E-state index in [0.717, 1.165) is 18.7 Å². The molecule has 2 N–H and O–H groups in total. The SMILES string of the molecule is CC1C(N)CCN1c1ccc(C#N)c(Cl)c1. The number of anilines is 1. The molecule has 0 amide bonds. The third-order valence-corrected chi connectivity index (χ3v) is 3.53. The van der Waals surface area contributed by atoms with E-state index in [4.69, 9.17) is 22.6 Å². The molecule has 3 nitrogen and oxygen atoms in total. The van der Waals surface area contributed by atoms with Crippen molar-refractivity contribution < 1.29 is 0 Å². The van der Waals surface area contributed by atoms with E-state index >= 15 is 0 Å². The van der Waals surface area contributed by atoms with Crippen molar-refractivity contribution in [2.24, 2.45) is 5.73 Å². The highest BCUT2D eigenvalue weighted by atomic mass is 35.5. The summed E-state index contributed by atoms with van der Waals surface area (Å²) in [4.78, 5) is 2.23. The van der Waals surface area contributed by atoms with Crippen molar-refractivity contribution in [3.63, 3.8) is 0 Å². The van der Waals surface area contributed by atoms with Crippen LogP contribution in [0.2, 0.25) is 5.02 Å². The Labute approximate surface area is 100 Å². The smallest absolute Gasteiger partial charge is 0.101 e. The number of halogens is 1. The molecule has 1 heterocycles. The number of benzene rings is 1. The van der Waals surface area contributed by atoms with Crippen LogP contribution in [0.15, 0.2) is 18.2 Å². The zero-order valence-electron chi connectivity index (χ0n) is 9.15. The molecule has 2 unspecified atom stereocenters. The molecule has 2 atom stereocenters. The Morgan fingerprint density at radius 1 is 1.56 bits per heavy atom. The van der Waals surface area contributed by atoms with Gasteiger partial charge < -0.3 is 10.6 Å². The molecule has 2 rings (SSSR count). The van der Waals surface area contributed by atoms with Gasteiger partial charge in [-0.05, 0) is 31.5 Å². The number of hydrogen-bond acceptors (Lipinski definition) is 3. The fourth-order valence-corrected chi connectivity index (χ4v) is 2.32. The summed E-state index contributed by atoms with van der Waals surface area (Å²) in [6.07, 6.45) is 0.999. The number of nitriles is 1. The Balaban J connectivity index is 2.29. The molecular weight excluding hydrogens is 222 g/mol. The van der Waals surface area contributed by atoms with E-state index in [9.17, 15) is 0 Å². The number of rotatable bonds is 1. The van der Waals surface area contributed by atoms with Crippen LogP contribution in [0.25, 0.3) is 0 Å². The van der Waals surface area contributed by atoms with Crippen molar-refractivity contribution in [2.45, 2.75) is 25.4 Å². The molecule has 1 saturated heterocycles. The topological polar surface area (TPSA) is 53.0 Å². The molecule has 84 valence electrons. The van der Waals surface area contributed by atoms with Gasteiger partial charge in [-0.15, -0.1) is 0 Å². The third-order valence-electron chi connectivity index (χ3n) is 3.22.